The van der Waals surface area contributed by atoms with Crippen LogP contribution >= 0.6 is 15.8 Å². The van der Waals surface area contributed by atoms with Crippen molar-refractivity contribution in [3.8, 4) is 0 Å². The van der Waals surface area contributed by atoms with Gasteiger partial charge in [-0.2, -0.15) is 0 Å². The summed E-state index contributed by atoms with van der Waals surface area (Å²) >= 11 is 0. The molecule has 4 atom stereocenters. The largest absolute Gasteiger partial charge is 0.673 e. The van der Waals surface area contributed by atoms with Gasteiger partial charge in [-0.3, -0.25) is 0 Å². The van der Waals surface area contributed by atoms with Crippen LogP contribution in [0.25, 0.3) is 0 Å². The van der Waals surface area contributed by atoms with Crippen LogP contribution in [0.1, 0.15) is 79.1 Å². The topological polar surface area (TPSA) is 43.4 Å². The summed E-state index contributed by atoms with van der Waals surface area (Å²) in [5, 5.41) is 1.67. The minimum absolute atomic E-state index is 0. The van der Waals surface area contributed by atoms with E-state index in [2.05, 4.69) is 52.0 Å². The van der Waals surface area contributed by atoms with Crippen molar-refractivity contribution >= 4 is 35.0 Å². The van der Waals surface area contributed by atoms with Crippen molar-refractivity contribution < 1.29 is 51.1 Å². The molecule has 0 amide bonds. The van der Waals surface area contributed by atoms with E-state index in [-0.39, 0.29) is 31.4 Å². The van der Waals surface area contributed by atoms with Crippen LogP contribution in [0.5, 0.6) is 0 Å². The molecule has 11 heteroatoms. The van der Waals surface area contributed by atoms with Crippen molar-refractivity contribution in [1.82, 2.24) is 0 Å². The molecule has 0 unspecified atom stereocenters. The summed E-state index contributed by atoms with van der Waals surface area (Å²) in [6.07, 6.45) is 18.7. The molecule has 1 radical (unpaired) electrons. The average molecular weight is 624 g/mol. The van der Waals surface area contributed by atoms with E-state index in [1.54, 1.807) is 0 Å². The molecule has 3 aliphatic heterocycles. The van der Waals surface area contributed by atoms with E-state index in [1.807, 2.05) is 0 Å². The van der Waals surface area contributed by atoms with Gasteiger partial charge in [-0.05, 0) is 74.0 Å². The smallest absolute Gasteiger partial charge is 0.418 e. The van der Waals surface area contributed by atoms with Crippen LogP contribution < -0.4 is 0 Å². The summed E-state index contributed by atoms with van der Waals surface area (Å²) in [6, 6.07) is 0. The summed E-state index contributed by atoms with van der Waals surface area (Å²) in [6.45, 7) is 8.96. The average Bonchev–Trinajstić information content (AvgIpc) is 3.28. The van der Waals surface area contributed by atoms with Crippen LogP contribution in [0.4, 0.5) is 17.3 Å². The van der Waals surface area contributed by atoms with Gasteiger partial charge < -0.3 is 22.0 Å². The fourth-order valence-electron chi connectivity index (χ4n) is 4.96. The van der Waals surface area contributed by atoms with Gasteiger partial charge in [0.05, 0.1) is 10.6 Å². The van der Waals surface area contributed by atoms with Crippen molar-refractivity contribution in [2.75, 3.05) is 0 Å². The summed E-state index contributed by atoms with van der Waals surface area (Å²) in [5.41, 5.74) is 2.17. The zero-order chi connectivity index (χ0) is 25.5. The molecule has 0 aromatic rings. The zero-order valence-corrected chi connectivity index (χ0v) is 24.2. The third-order valence-corrected chi connectivity index (χ3v) is 13.4. The molecule has 2 saturated heterocycles. The minimum atomic E-state index is -6.00. The number of halogens is 4. The van der Waals surface area contributed by atoms with E-state index in [0.717, 1.165) is 10.6 Å². The molecular formula is C24H36BF4O3P2Rh-. The zero-order valence-electron chi connectivity index (χ0n) is 20.8. The number of esters is 2. The SMILES string of the molecule is C1=CCCC=CCC1.C[C@@H]1CC[C@@H](C)P1C1=C(P2[C@H](C)CC[C@H]2C)C(=O)OC1=O.F[B-](F)(F)F.[Rh]. The summed E-state index contributed by atoms with van der Waals surface area (Å²) < 4.78 is 44.1. The molecule has 0 saturated carbocycles. The van der Waals surface area contributed by atoms with Crippen LogP contribution in [0.15, 0.2) is 34.9 Å². The second kappa shape index (κ2) is 15.1. The van der Waals surface area contributed by atoms with Gasteiger partial charge in [-0.1, -0.05) is 67.8 Å². The van der Waals surface area contributed by atoms with E-state index < -0.39 is 23.1 Å². The summed E-state index contributed by atoms with van der Waals surface area (Å²) in [4.78, 5) is 24.7. The van der Waals surface area contributed by atoms with Gasteiger partial charge in [0.2, 0.25) is 0 Å². The molecule has 0 spiro atoms. The van der Waals surface area contributed by atoms with Crippen LogP contribution in [0.3, 0.4) is 0 Å². The molecule has 2 fully saturated rings. The first-order chi connectivity index (χ1) is 15.9. The van der Waals surface area contributed by atoms with Crippen LogP contribution in [-0.2, 0) is 33.8 Å². The van der Waals surface area contributed by atoms with Crippen molar-refractivity contribution in [2.45, 2.75) is 102 Å². The first-order valence-electron chi connectivity index (χ1n) is 12.2. The number of hydrogen-bond donors (Lipinski definition) is 0. The Morgan fingerprint density at radius 1 is 0.657 bits per heavy atom. The molecule has 3 heterocycles. The molecule has 0 bridgehead atoms. The maximum Gasteiger partial charge on any atom is 0.673 e. The van der Waals surface area contributed by atoms with Crippen molar-refractivity contribution in [2.24, 2.45) is 0 Å². The fourth-order valence-corrected chi connectivity index (χ4v) is 12.0. The van der Waals surface area contributed by atoms with E-state index >= 15 is 0 Å². The predicted octanol–water partition coefficient (Wildman–Crippen LogP) is 8.36. The van der Waals surface area contributed by atoms with Gasteiger partial charge in [0.15, 0.2) is 0 Å². The number of cyclic esters (lactones) is 2. The Balaban J connectivity index is 0.000000363. The minimum Gasteiger partial charge on any atom is -0.418 e. The molecule has 4 rings (SSSR count). The Morgan fingerprint density at radius 2 is 0.886 bits per heavy atom. The Kier molecular flexibility index (Phi) is 14.1. The summed E-state index contributed by atoms with van der Waals surface area (Å²) in [7, 11) is -7.06. The third kappa shape index (κ3) is 10.1. The van der Waals surface area contributed by atoms with Crippen LogP contribution in [0.2, 0.25) is 0 Å². The molecule has 201 valence electrons. The molecule has 0 N–H and O–H groups in total. The normalized spacial score (nSPS) is 29.5. The van der Waals surface area contributed by atoms with Gasteiger partial charge in [0.1, 0.15) is 0 Å². The van der Waals surface area contributed by atoms with Crippen LogP contribution in [-0.4, -0.2) is 41.8 Å². The second-order valence-electron chi connectivity index (χ2n) is 9.33. The maximum absolute atomic E-state index is 12.4. The molecule has 0 aromatic heterocycles. The standard InChI is InChI=1S/C16H24O3P2.C8H12.BF4.Rh/c1-9-5-6-10(2)20(9)13-14(16(18)19-15(13)17)21-11(3)7-8-12(21)4;1-2-4-6-8-7-5-3-1;2-1(3,4)5;/h9-12H,5-8H2,1-4H3;1-2,7-8H,3-6H2;;/q;;-1;/t9-,10-,11-,12-;;;/m1.../s1. The van der Waals surface area contributed by atoms with Crippen molar-refractivity contribution in [3.05, 3.63) is 34.9 Å². The van der Waals surface area contributed by atoms with Gasteiger partial charge in [-0.25, -0.2) is 9.59 Å². The Bertz CT molecular complexity index is 723. The molecule has 0 aromatic carbocycles. The Hall–Kier alpha value is -0.372. The number of allylic oxidation sites excluding steroid dienone is 4. The van der Waals surface area contributed by atoms with Gasteiger partial charge in [-0.15, -0.1) is 0 Å². The van der Waals surface area contributed by atoms with E-state index in [4.69, 9.17) is 4.74 Å². The van der Waals surface area contributed by atoms with Crippen molar-refractivity contribution in [3.63, 3.8) is 0 Å². The third-order valence-electron chi connectivity index (χ3n) is 6.55. The Labute approximate surface area is 222 Å². The van der Waals surface area contributed by atoms with Gasteiger partial charge >= 0.3 is 19.2 Å². The summed E-state index contributed by atoms with van der Waals surface area (Å²) in [5.74, 6) is -0.619. The molecule has 1 aliphatic carbocycles. The maximum atomic E-state index is 12.4. The first-order valence-corrected chi connectivity index (χ1v) is 15.1. The van der Waals surface area contributed by atoms with E-state index in [1.165, 1.54) is 51.4 Å². The second-order valence-corrected chi connectivity index (χ2v) is 15.4. The fraction of sp³-hybridized carbons (Fsp3) is 0.667. The monoisotopic (exact) mass is 624 g/mol. The number of ether oxygens (including phenoxy) is 1. The molecule has 3 nitrogen and oxygen atoms in total. The van der Waals surface area contributed by atoms with E-state index in [9.17, 15) is 26.9 Å². The first kappa shape index (κ1) is 32.7. The number of rotatable bonds is 2. The molecule has 4 aliphatic rings. The number of hydrogen-bond acceptors (Lipinski definition) is 3. The van der Waals surface area contributed by atoms with Crippen molar-refractivity contribution in [1.29, 1.82) is 0 Å². The van der Waals surface area contributed by atoms with E-state index in [0.29, 0.717) is 22.6 Å². The van der Waals surface area contributed by atoms with Gasteiger partial charge in [0, 0.05) is 19.5 Å². The number of carbonyl (C=O) groups excluding carboxylic acids is 2. The molecule has 35 heavy (non-hydrogen) atoms. The van der Waals surface area contributed by atoms with Gasteiger partial charge in [0.25, 0.3) is 0 Å². The molecular weight excluding hydrogens is 588 g/mol. The number of carbonyl (C=O) groups is 2. The Morgan fingerprint density at radius 3 is 1.11 bits per heavy atom. The predicted molar refractivity (Wildman–Crippen MR) is 135 cm³/mol. The van der Waals surface area contributed by atoms with Crippen LogP contribution in [0, 0.1) is 0 Å². The quantitative estimate of drug-likeness (QED) is 0.0775.